The summed E-state index contributed by atoms with van der Waals surface area (Å²) in [4.78, 5) is 14.4. The zero-order valence-corrected chi connectivity index (χ0v) is 13.0. The lowest BCUT2D eigenvalue weighted by Crippen LogP contribution is -2.31. The van der Waals surface area contributed by atoms with Gasteiger partial charge in [0.25, 0.3) is 0 Å². The molecular formula is C18H26FNO. The lowest BCUT2D eigenvalue weighted by atomic mass is 9.96. The van der Waals surface area contributed by atoms with Gasteiger partial charge in [0.15, 0.2) is 5.78 Å². The van der Waals surface area contributed by atoms with E-state index in [0.717, 1.165) is 19.0 Å². The van der Waals surface area contributed by atoms with Gasteiger partial charge in [-0.15, -0.1) is 0 Å². The highest BCUT2D eigenvalue weighted by Crippen LogP contribution is 2.21. The summed E-state index contributed by atoms with van der Waals surface area (Å²) in [6.07, 6.45) is 6.42. The van der Waals surface area contributed by atoms with Crippen LogP contribution in [0.25, 0.3) is 0 Å². The monoisotopic (exact) mass is 291 g/mol. The quantitative estimate of drug-likeness (QED) is 0.793. The highest BCUT2D eigenvalue weighted by Gasteiger charge is 2.18. The van der Waals surface area contributed by atoms with Gasteiger partial charge >= 0.3 is 0 Å². The van der Waals surface area contributed by atoms with Crippen LogP contribution in [-0.4, -0.2) is 30.3 Å². The molecule has 0 spiro atoms. The van der Waals surface area contributed by atoms with Crippen LogP contribution in [0.4, 0.5) is 4.39 Å². The van der Waals surface area contributed by atoms with E-state index in [2.05, 4.69) is 11.8 Å². The van der Waals surface area contributed by atoms with Gasteiger partial charge in [0.1, 0.15) is 5.82 Å². The predicted octanol–water partition coefficient (Wildman–Crippen LogP) is 3.84. The minimum Gasteiger partial charge on any atom is -0.298 e. The lowest BCUT2D eigenvalue weighted by molar-refractivity contribution is -0.119. The smallest absolute Gasteiger partial charge is 0.151 e. The van der Waals surface area contributed by atoms with Crippen molar-refractivity contribution in [1.29, 1.82) is 0 Å². The van der Waals surface area contributed by atoms with E-state index in [1.165, 1.54) is 38.2 Å². The molecule has 1 unspecified atom stereocenters. The molecule has 2 rings (SSSR count). The molecule has 3 heteroatoms. The third-order valence-corrected chi connectivity index (χ3v) is 4.38. The second kappa shape index (κ2) is 8.28. The van der Waals surface area contributed by atoms with E-state index in [1.807, 2.05) is 0 Å². The van der Waals surface area contributed by atoms with E-state index < -0.39 is 0 Å². The summed E-state index contributed by atoms with van der Waals surface area (Å²) in [6.45, 7) is 4.71. The van der Waals surface area contributed by atoms with E-state index >= 15 is 0 Å². The Hall–Kier alpha value is -1.22. The van der Waals surface area contributed by atoms with Crippen LogP contribution in [0.15, 0.2) is 24.3 Å². The first-order valence-corrected chi connectivity index (χ1v) is 8.16. The fraction of sp³-hybridized carbons (Fsp3) is 0.611. The Labute approximate surface area is 127 Å². The number of ketones is 1. The fourth-order valence-corrected chi connectivity index (χ4v) is 3.24. The number of Topliss-reactive ketones (excluding diaryl/α,β-unsaturated/α-hetero) is 1. The number of benzene rings is 1. The van der Waals surface area contributed by atoms with E-state index in [4.69, 9.17) is 0 Å². The van der Waals surface area contributed by atoms with Gasteiger partial charge in [0, 0.05) is 6.42 Å². The molecule has 1 aromatic rings. The zero-order valence-electron chi connectivity index (χ0n) is 13.0. The van der Waals surface area contributed by atoms with E-state index in [0.29, 0.717) is 12.1 Å². The molecule has 1 fully saturated rings. The van der Waals surface area contributed by atoms with Crippen LogP contribution in [0.1, 0.15) is 44.6 Å². The van der Waals surface area contributed by atoms with Crippen LogP contribution in [0.5, 0.6) is 0 Å². The number of carbonyl (C=O) groups is 1. The molecular weight excluding hydrogens is 265 g/mol. The van der Waals surface area contributed by atoms with Gasteiger partial charge in [-0.2, -0.15) is 0 Å². The van der Waals surface area contributed by atoms with Crippen molar-refractivity contribution in [2.75, 3.05) is 19.6 Å². The normalized spacial score (nSPS) is 20.2. The Bertz CT molecular complexity index is 460. The Morgan fingerprint density at radius 3 is 2.86 bits per heavy atom. The van der Waals surface area contributed by atoms with Crippen molar-refractivity contribution < 1.29 is 9.18 Å². The maximum atomic E-state index is 13.6. The highest BCUT2D eigenvalue weighted by atomic mass is 19.1. The number of likely N-dealkylation sites (tertiary alicyclic amines) is 1. The largest absolute Gasteiger partial charge is 0.298 e. The van der Waals surface area contributed by atoms with Crippen LogP contribution in [0.3, 0.4) is 0 Å². The van der Waals surface area contributed by atoms with E-state index in [9.17, 15) is 9.18 Å². The molecule has 2 nitrogen and oxygen atoms in total. The molecule has 1 atom stereocenters. The van der Waals surface area contributed by atoms with Crippen molar-refractivity contribution in [2.45, 2.75) is 45.4 Å². The summed E-state index contributed by atoms with van der Waals surface area (Å²) >= 11 is 0. The van der Waals surface area contributed by atoms with Gasteiger partial charge in [-0.3, -0.25) is 9.69 Å². The SMILES string of the molecule is CCCC1CCCN(CC(=O)Cc2ccccc2F)CC1. The van der Waals surface area contributed by atoms with Crippen molar-refractivity contribution in [1.82, 2.24) is 4.90 Å². The van der Waals surface area contributed by atoms with Gasteiger partial charge in [-0.05, 0) is 49.9 Å². The Balaban J connectivity index is 1.81. The Morgan fingerprint density at radius 1 is 1.29 bits per heavy atom. The molecule has 0 aliphatic carbocycles. The molecule has 1 saturated heterocycles. The van der Waals surface area contributed by atoms with Crippen LogP contribution in [-0.2, 0) is 11.2 Å². The summed E-state index contributed by atoms with van der Waals surface area (Å²) in [7, 11) is 0. The Morgan fingerprint density at radius 2 is 2.10 bits per heavy atom. The molecule has 0 bridgehead atoms. The van der Waals surface area contributed by atoms with Crippen molar-refractivity contribution in [3.8, 4) is 0 Å². The molecule has 1 aromatic carbocycles. The molecule has 0 radical (unpaired) electrons. The minimum atomic E-state index is -0.273. The summed E-state index contributed by atoms with van der Waals surface area (Å²) in [5.41, 5.74) is 0.515. The Kier molecular flexibility index (Phi) is 6.37. The van der Waals surface area contributed by atoms with Crippen molar-refractivity contribution >= 4 is 5.78 Å². The second-order valence-corrected chi connectivity index (χ2v) is 6.17. The third-order valence-electron chi connectivity index (χ3n) is 4.38. The highest BCUT2D eigenvalue weighted by molar-refractivity contribution is 5.82. The van der Waals surface area contributed by atoms with Gasteiger partial charge in [0.2, 0.25) is 0 Å². The average Bonchev–Trinajstić information content (AvgIpc) is 2.67. The maximum absolute atomic E-state index is 13.6. The van der Waals surface area contributed by atoms with Crippen molar-refractivity contribution in [3.63, 3.8) is 0 Å². The van der Waals surface area contributed by atoms with Crippen molar-refractivity contribution in [2.24, 2.45) is 5.92 Å². The maximum Gasteiger partial charge on any atom is 0.151 e. The van der Waals surface area contributed by atoms with Crippen molar-refractivity contribution in [3.05, 3.63) is 35.6 Å². The van der Waals surface area contributed by atoms with Crippen LogP contribution in [0, 0.1) is 11.7 Å². The van der Waals surface area contributed by atoms with Crippen LogP contribution in [0.2, 0.25) is 0 Å². The number of carbonyl (C=O) groups excluding carboxylic acids is 1. The molecule has 0 N–H and O–H groups in total. The van der Waals surface area contributed by atoms with E-state index in [-0.39, 0.29) is 18.0 Å². The molecule has 0 aromatic heterocycles. The molecule has 0 saturated carbocycles. The fourth-order valence-electron chi connectivity index (χ4n) is 3.24. The average molecular weight is 291 g/mol. The van der Waals surface area contributed by atoms with Gasteiger partial charge in [-0.1, -0.05) is 38.0 Å². The lowest BCUT2D eigenvalue weighted by Gasteiger charge is -2.19. The van der Waals surface area contributed by atoms with Crippen LogP contribution < -0.4 is 0 Å². The predicted molar refractivity (Wildman–Crippen MR) is 83.8 cm³/mol. The number of halogens is 1. The molecule has 1 aliphatic heterocycles. The number of hydrogen-bond acceptors (Lipinski definition) is 2. The van der Waals surface area contributed by atoms with Gasteiger partial charge < -0.3 is 0 Å². The third kappa shape index (κ3) is 5.24. The zero-order chi connectivity index (χ0) is 15.1. The van der Waals surface area contributed by atoms with Crippen LogP contribution >= 0.6 is 0 Å². The standard InChI is InChI=1S/C18H26FNO/c1-2-6-15-7-5-11-20(12-10-15)14-17(21)13-16-8-3-4-9-18(16)19/h3-4,8-9,15H,2,5-7,10-14H2,1H3. The summed E-state index contributed by atoms with van der Waals surface area (Å²) in [6, 6.07) is 6.57. The molecule has 1 heterocycles. The van der Waals surface area contributed by atoms with Gasteiger partial charge in [0.05, 0.1) is 6.54 Å². The molecule has 116 valence electrons. The molecule has 1 aliphatic rings. The summed E-state index contributed by atoms with van der Waals surface area (Å²) in [5, 5.41) is 0. The topological polar surface area (TPSA) is 20.3 Å². The van der Waals surface area contributed by atoms with E-state index in [1.54, 1.807) is 18.2 Å². The first-order valence-electron chi connectivity index (χ1n) is 8.16. The minimum absolute atomic E-state index is 0.119. The molecule has 21 heavy (non-hydrogen) atoms. The number of nitrogens with zero attached hydrogens (tertiary/aromatic N) is 1. The summed E-state index contributed by atoms with van der Waals surface area (Å²) in [5.74, 6) is 0.667. The number of rotatable bonds is 6. The first kappa shape index (κ1) is 16.2. The second-order valence-electron chi connectivity index (χ2n) is 6.17. The number of hydrogen-bond donors (Lipinski definition) is 0. The molecule has 0 amide bonds. The first-order chi connectivity index (χ1) is 10.2. The van der Waals surface area contributed by atoms with Gasteiger partial charge in [-0.25, -0.2) is 4.39 Å². The summed E-state index contributed by atoms with van der Waals surface area (Å²) < 4.78 is 13.6.